The summed E-state index contributed by atoms with van der Waals surface area (Å²) in [6.07, 6.45) is -2.00. The molecule has 1 fully saturated rings. The average Bonchev–Trinajstić information content (AvgIpc) is 3.18. The van der Waals surface area contributed by atoms with Crippen LogP contribution in [0.1, 0.15) is 37.0 Å². The molecular formula is C25H28O9. The molecular weight excluding hydrogens is 444 g/mol. The maximum absolute atomic E-state index is 12.2. The van der Waals surface area contributed by atoms with Crippen LogP contribution in [0.4, 0.5) is 0 Å². The molecule has 0 spiro atoms. The van der Waals surface area contributed by atoms with Gasteiger partial charge in [0.1, 0.15) is 12.2 Å². The number of hydrogen-bond donors (Lipinski definition) is 0. The molecule has 0 bridgehead atoms. The Hall–Kier alpha value is -3.46. The van der Waals surface area contributed by atoms with E-state index in [2.05, 4.69) is 0 Å². The van der Waals surface area contributed by atoms with Gasteiger partial charge in [0.05, 0.1) is 41.0 Å². The molecule has 4 rings (SSSR count). The van der Waals surface area contributed by atoms with E-state index in [0.717, 1.165) is 16.7 Å². The highest BCUT2D eigenvalue weighted by Crippen LogP contribution is 2.54. The van der Waals surface area contributed by atoms with Crippen LogP contribution >= 0.6 is 0 Å². The van der Waals surface area contributed by atoms with Gasteiger partial charge in [-0.25, -0.2) is 0 Å². The largest absolute Gasteiger partial charge is 0.493 e. The molecule has 0 aromatic heterocycles. The first kappa shape index (κ1) is 23.7. The summed E-state index contributed by atoms with van der Waals surface area (Å²) in [5.74, 6) is 0.693. The molecule has 9 nitrogen and oxygen atoms in total. The molecule has 34 heavy (non-hydrogen) atoms. The SMILES string of the molecule is COc1cc2c(cc1OC)[C@@H]1[C@H](OC[C@H]1OC(C)=O)[C@@H](OC(C)=O)c1cc(OC)c(OC)cc1-2. The van der Waals surface area contributed by atoms with Crippen molar-refractivity contribution < 1.29 is 42.7 Å². The van der Waals surface area contributed by atoms with E-state index in [-0.39, 0.29) is 6.61 Å². The van der Waals surface area contributed by atoms with Crippen molar-refractivity contribution in [2.45, 2.75) is 38.1 Å². The van der Waals surface area contributed by atoms with E-state index in [1.807, 2.05) is 18.2 Å². The Morgan fingerprint density at radius 1 is 0.735 bits per heavy atom. The molecule has 2 aliphatic rings. The van der Waals surface area contributed by atoms with Crippen molar-refractivity contribution >= 4 is 11.9 Å². The minimum absolute atomic E-state index is 0.156. The molecule has 1 aliphatic carbocycles. The second-order valence-corrected chi connectivity index (χ2v) is 8.09. The van der Waals surface area contributed by atoms with Gasteiger partial charge in [-0.3, -0.25) is 9.59 Å². The van der Waals surface area contributed by atoms with Crippen LogP contribution in [0.3, 0.4) is 0 Å². The van der Waals surface area contributed by atoms with Crippen LogP contribution < -0.4 is 18.9 Å². The van der Waals surface area contributed by atoms with Crippen LogP contribution in [0, 0.1) is 0 Å². The molecule has 4 atom stereocenters. The number of esters is 2. The quantitative estimate of drug-likeness (QED) is 0.586. The van der Waals surface area contributed by atoms with Crippen molar-refractivity contribution in [2.75, 3.05) is 35.0 Å². The second kappa shape index (κ2) is 9.42. The summed E-state index contributed by atoms with van der Waals surface area (Å²) in [6, 6.07) is 7.33. The lowest BCUT2D eigenvalue weighted by atomic mass is 9.86. The predicted molar refractivity (Wildman–Crippen MR) is 121 cm³/mol. The molecule has 1 heterocycles. The van der Waals surface area contributed by atoms with Crippen molar-refractivity contribution in [1.29, 1.82) is 0 Å². The maximum atomic E-state index is 12.2. The predicted octanol–water partition coefficient (Wildman–Crippen LogP) is 3.42. The smallest absolute Gasteiger partial charge is 0.303 e. The number of rotatable bonds is 6. The zero-order chi connectivity index (χ0) is 24.6. The number of ether oxygens (including phenoxy) is 7. The second-order valence-electron chi connectivity index (χ2n) is 8.09. The molecule has 0 N–H and O–H groups in total. The fraction of sp³-hybridized carbons (Fsp3) is 0.440. The third-order valence-electron chi connectivity index (χ3n) is 6.18. The molecule has 1 aliphatic heterocycles. The van der Waals surface area contributed by atoms with E-state index in [1.54, 1.807) is 27.4 Å². The summed E-state index contributed by atoms with van der Waals surface area (Å²) in [5.41, 5.74) is 3.03. The number of carbonyl (C=O) groups excluding carboxylic acids is 2. The van der Waals surface area contributed by atoms with Gasteiger partial charge < -0.3 is 33.2 Å². The van der Waals surface area contributed by atoms with Crippen LogP contribution in [-0.2, 0) is 23.8 Å². The van der Waals surface area contributed by atoms with Gasteiger partial charge in [0.2, 0.25) is 0 Å². The Morgan fingerprint density at radius 2 is 1.21 bits per heavy atom. The number of fused-ring (bicyclic) bond motifs is 5. The van der Waals surface area contributed by atoms with Gasteiger partial charge in [0.25, 0.3) is 0 Å². The minimum Gasteiger partial charge on any atom is -0.493 e. The molecule has 0 saturated carbocycles. The van der Waals surface area contributed by atoms with E-state index in [1.165, 1.54) is 21.0 Å². The topological polar surface area (TPSA) is 98.8 Å². The molecule has 1 saturated heterocycles. The van der Waals surface area contributed by atoms with Crippen LogP contribution in [0.15, 0.2) is 24.3 Å². The summed E-state index contributed by atoms with van der Waals surface area (Å²) in [5, 5.41) is 0. The molecule has 2 aromatic carbocycles. The third-order valence-corrected chi connectivity index (χ3v) is 6.18. The summed E-state index contributed by atoms with van der Waals surface area (Å²) in [7, 11) is 6.20. The molecule has 0 unspecified atom stereocenters. The first-order valence-corrected chi connectivity index (χ1v) is 10.8. The fourth-order valence-electron chi connectivity index (χ4n) is 4.85. The Kier molecular flexibility index (Phi) is 6.56. The van der Waals surface area contributed by atoms with Crippen molar-refractivity contribution in [3.8, 4) is 34.1 Å². The monoisotopic (exact) mass is 472 g/mol. The Balaban J connectivity index is 2.05. The lowest BCUT2D eigenvalue weighted by molar-refractivity contribution is -0.154. The zero-order valence-corrected chi connectivity index (χ0v) is 20.0. The molecule has 9 heteroatoms. The lowest BCUT2D eigenvalue weighted by Crippen LogP contribution is -2.31. The Morgan fingerprint density at radius 3 is 1.71 bits per heavy atom. The van der Waals surface area contributed by atoms with Crippen molar-refractivity contribution in [1.82, 2.24) is 0 Å². The first-order chi connectivity index (χ1) is 16.3. The van der Waals surface area contributed by atoms with Crippen LogP contribution in [0.2, 0.25) is 0 Å². The van der Waals surface area contributed by atoms with E-state index in [9.17, 15) is 9.59 Å². The van der Waals surface area contributed by atoms with Gasteiger partial charge in [0.15, 0.2) is 29.1 Å². The average molecular weight is 472 g/mol. The highest BCUT2D eigenvalue weighted by molar-refractivity contribution is 5.80. The number of hydrogen-bond acceptors (Lipinski definition) is 9. The first-order valence-electron chi connectivity index (χ1n) is 10.8. The summed E-state index contributed by atoms with van der Waals surface area (Å²) in [4.78, 5) is 24.1. The molecule has 182 valence electrons. The zero-order valence-electron chi connectivity index (χ0n) is 20.0. The number of benzene rings is 2. The maximum Gasteiger partial charge on any atom is 0.303 e. The normalized spacial score (nSPS) is 22.4. The summed E-state index contributed by atoms with van der Waals surface area (Å²) < 4.78 is 39.8. The third kappa shape index (κ3) is 4.00. The van der Waals surface area contributed by atoms with Crippen LogP contribution in [-0.4, -0.2) is 59.2 Å². The number of carbonyl (C=O) groups is 2. The lowest BCUT2D eigenvalue weighted by Gasteiger charge is -2.28. The van der Waals surface area contributed by atoms with Gasteiger partial charge >= 0.3 is 11.9 Å². The molecule has 0 radical (unpaired) electrons. The van der Waals surface area contributed by atoms with E-state index < -0.39 is 36.2 Å². The van der Waals surface area contributed by atoms with Crippen molar-refractivity contribution in [3.63, 3.8) is 0 Å². The van der Waals surface area contributed by atoms with Gasteiger partial charge in [-0.1, -0.05) is 0 Å². The van der Waals surface area contributed by atoms with Crippen molar-refractivity contribution in [2.24, 2.45) is 0 Å². The summed E-state index contributed by atoms with van der Waals surface area (Å²) >= 11 is 0. The van der Waals surface area contributed by atoms with Gasteiger partial charge in [0, 0.05) is 19.4 Å². The highest BCUT2D eigenvalue weighted by atomic mass is 16.6. The van der Waals surface area contributed by atoms with Crippen LogP contribution in [0.5, 0.6) is 23.0 Å². The highest BCUT2D eigenvalue weighted by Gasteiger charge is 2.50. The van der Waals surface area contributed by atoms with Crippen molar-refractivity contribution in [3.05, 3.63) is 35.4 Å². The number of methoxy groups -OCH3 is 4. The molecule has 2 aromatic rings. The van der Waals surface area contributed by atoms with E-state index in [0.29, 0.717) is 28.6 Å². The standard InChI is InChI=1S/C25H28O9/c1-12(26)33-22-11-32-25-23(22)16-9-20(30-5)18(28-3)7-14(16)15-8-19(29-4)21(31-6)10-17(15)24(25)34-13(2)27/h7-10,22-25H,11H2,1-6H3/t22-,23+,24+,25+/m1/s1. The summed E-state index contributed by atoms with van der Waals surface area (Å²) in [6.45, 7) is 2.86. The van der Waals surface area contributed by atoms with Gasteiger partial charge in [-0.2, -0.15) is 0 Å². The Labute approximate surface area is 197 Å². The van der Waals surface area contributed by atoms with Crippen LogP contribution in [0.25, 0.3) is 11.1 Å². The van der Waals surface area contributed by atoms with E-state index >= 15 is 0 Å². The fourth-order valence-corrected chi connectivity index (χ4v) is 4.85. The Bertz CT molecular complexity index is 1110. The molecule has 0 amide bonds. The van der Waals surface area contributed by atoms with Gasteiger partial charge in [-0.15, -0.1) is 0 Å². The minimum atomic E-state index is -0.790. The van der Waals surface area contributed by atoms with Gasteiger partial charge in [-0.05, 0) is 41.0 Å². The van der Waals surface area contributed by atoms with E-state index in [4.69, 9.17) is 33.2 Å².